The lowest BCUT2D eigenvalue weighted by Gasteiger charge is -2.35. The molecule has 3 rings (SSSR count). The van der Waals surface area contributed by atoms with Gasteiger partial charge in [0.1, 0.15) is 6.54 Å². The van der Waals surface area contributed by atoms with Crippen LogP contribution in [-0.4, -0.2) is 59.8 Å². The van der Waals surface area contributed by atoms with Crippen molar-refractivity contribution in [2.24, 2.45) is 17.5 Å². The molecular formula is C15H25IN6O. The summed E-state index contributed by atoms with van der Waals surface area (Å²) in [5, 5.41) is 7.54. The van der Waals surface area contributed by atoms with Crippen molar-refractivity contribution in [1.82, 2.24) is 20.0 Å². The molecule has 0 spiro atoms. The van der Waals surface area contributed by atoms with Gasteiger partial charge in [-0.05, 0) is 18.3 Å². The Hall–Kier alpha value is -1.32. The summed E-state index contributed by atoms with van der Waals surface area (Å²) in [5.74, 6) is 0.909. The van der Waals surface area contributed by atoms with Crippen LogP contribution in [0.3, 0.4) is 0 Å². The summed E-state index contributed by atoms with van der Waals surface area (Å²) in [6.45, 7) is 4.99. The van der Waals surface area contributed by atoms with E-state index in [0.29, 0.717) is 18.5 Å². The summed E-state index contributed by atoms with van der Waals surface area (Å²) < 4.78 is 1.71. The molecule has 8 heteroatoms. The van der Waals surface area contributed by atoms with Gasteiger partial charge >= 0.3 is 0 Å². The lowest BCUT2D eigenvalue weighted by Crippen LogP contribution is -2.55. The van der Waals surface area contributed by atoms with Gasteiger partial charge in [-0.3, -0.25) is 14.5 Å². The minimum absolute atomic E-state index is 0. The van der Waals surface area contributed by atoms with Gasteiger partial charge in [-0.2, -0.15) is 5.10 Å². The van der Waals surface area contributed by atoms with Crippen molar-refractivity contribution in [3.8, 4) is 0 Å². The van der Waals surface area contributed by atoms with Crippen molar-refractivity contribution in [2.45, 2.75) is 19.8 Å². The van der Waals surface area contributed by atoms with Gasteiger partial charge in [0.25, 0.3) is 0 Å². The fraction of sp³-hybridized carbons (Fsp3) is 0.667. The van der Waals surface area contributed by atoms with Crippen LogP contribution in [0.5, 0.6) is 0 Å². The zero-order chi connectivity index (χ0) is 15.7. The van der Waals surface area contributed by atoms with Gasteiger partial charge in [0.05, 0.1) is 11.9 Å². The first-order chi connectivity index (χ1) is 10.5. The number of hydrogen-bond acceptors (Lipinski definition) is 3. The van der Waals surface area contributed by atoms with E-state index in [4.69, 9.17) is 0 Å². The third kappa shape index (κ3) is 4.15. The third-order valence-electron chi connectivity index (χ3n) is 4.51. The lowest BCUT2D eigenvalue weighted by atomic mass is 10.1. The SMILES string of the molecule is CN=C(NCC1(C)CC1)N1CCN(c2cnn(C)c2)C(=O)C1.I. The Morgan fingerprint density at radius 2 is 2.17 bits per heavy atom. The summed E-state index contributed by atoms with van der Waals surface area (Å²) in [4.78, 5) is 20.6. The highest BCUT2D eigenvalue weighted by molar-refractivity contribution is 14.0. The molecule has 0 radical (unpaired) electrons. The third-order valence-corrected chi connectivity index (χ3v) is 4.51. The molecule has 1 saturated carbocycles. The maximum atomic E-state index is 12.4. The maximum absolute atomic E-state index is 12.4. The summed E-state index contributed by atoms with van der Waals surface area (Å²) in [5.41, 5.74) is 1.28. The molecule has 1 aromatic rings. The van der Waals surface area contributed by atoms with E-state index in [1.165, 1.54) is 12.8 Å². The minimum atomic E-state index is 0. The smallest absolute Gasteiger partial charge is 0.246 e. The van der Waals surface area contributed by atoms with Crippen molar-refractivity contribution < 1.29 is 4.79 Å². The molecule has 0 bridgehead atoms. The van der Waals surface area contributed by atoms with Gasteiger partial charge in [0.2, 0.25) is 5.91 Å². The van der Waals surface area contributed by atoms with E-state index in [1.807, 2.05) is 18.1 Å². The van der Waals surface area contributed by atoms with E-state index in [2.05, 4.69) is 22.3 Å². The predicted molar refractivity (Wildman–Crippen MR) is 101 cm³/mol. The largest absolute Gasteiger partial charge is 0.356 e. The molecule has 2 fully saturated rings. The van der Waals surface area contributed by atoms with Crippen LogP contribution in [0.1, 0.15) is 19.8 Å². The number of aromatic nitrogens is 2. The standard InChI is InChI=1S/C15H24N6O.HI/c1-15(4-5-15)11-17-14(16-2)20-6-7-21(13(22)10-20)12-8-18-19(3)9-12;/h8-9H,4-7,10-11H2,1-3H3,(H,16,17);1H. The number of nitrogens with one attached hydrogen (secondary N) is 1. The zero-order valence-electron chi connectivity index (χ0n) is 13.9. The maximum Gasteiger partial charge on any atom is 0.246 e. The van der Waals surface area contributed by atoms with Crippen LogP contribution < -0.4 is 10.2 Å². The van der Waals surface area contributed by atoms with Gasteiger partial charge in [-0.15, -0.1) is 24.0 Å². The highest BCUT2D eigenvalue weighted by atomic mass is 127. The predicted octanol–water partition coefficient (Wildman–Crippen LogP) is 1.06. The van der Waals surface area contributed by atoms with Crippen LogP contribution in [0.25, 0.3) is 0 Å². The van der Waals surface area contributed by atoms with Crippen LogP contribution in [0.2, 0.25) is 0 Å². The molecule has 2 aliphatic rings. The molecule has 0 atom stereocenters. The van der Waals surface area contributed by atoms with E-state index < -0.39 is 0 Å². The van der Waals surface area contributed by atoms with Gasteiger partial charge in [0, 0.05) is 39.9 Å². The molecule has 1 aliphatic carbocycles. The van der Waals surface area contributed by atoms with Crippen LogP contribution in [0.4, 0.5) is 5.69 Å². The Labute approximate surface area is 154 Å². The van der Waals surface area contributed by atoms with Gasteiger partial charge in [-0.25, -0.2) is 0 Å². The molecule has 1 aliphatic heterocycles. The van der Waals surface area contributed by atoms with Crippen LogP contribution in [0.15, 0.2) is 17.4 Å². The highest BCUT2D eigenvalue weighted by Crippen LogP contribution is 2.44. The van der Waals surface area contributed by atoms with Gasteiger partial charge < -0.3 is 15.1 Å². The average molecular weight is 432 g/mol. The second-order valence-electron chi connectivity index (χ2n) is 6.55. The quantitative estimate of drug-likeness (QED) is 0.441. The molecule has 0 aromatic carbocycles. The van der Waals surface area contributed by atoms with Gasteiger partial charge in [0.15, 0.2) is 5.96 Å². The van der Waals surface area contributed by atoms with Crippen molar-refractivity contribution in [3.05, 3.63) is 12.4 Å². The molecule has 1 aromatic heterocycles. The number of piperazine rings is 1. The Bertz CT molecular complexity index is 595. The number of rotatable bonds is 3. The van der Waals surface area contributed by atoms with E-state index in [1.54, 1.807) is 22.8 Å². The lowest BCUT2D eigenvalue weighted by molar-refractivity contribution is -0.120. The molecule has 23 heavy (non-hydrogen) atoms. The number of aryl methyl sites for hydroxylation is 1. The molecule has 7 nitrogen and oxygen atoms in total. The number of aliphatic imine (C=N–C) groups is 1. The van der Waals surface area contributed by atoms with E-state index in [0.717, 1.165) is 24.7 Å². The number of nitrogens with zero attached hydrogens (tertiary/aromatic N) is 5. The highest BCUT2D eigenvalue weighted by Gasteiger charge is 2.37. The second-order valence-corrected chi connectivity index (χ2v) is 6.55. The zero-order valence-corrected chi connectivity index (χ0v) is 16.3. The number of hydrogen-bond donors (Lipinski definition) is 1. The number of carbonyl (C=O) groups excluding carboxylic acids is 1. The van der Waals surface area contributed by atoms with Crippen molar-refractivity contribution in [3.63, 3.8) is 0 Å². The number of carbonyl (C=O) groups is 1. The van der Waals surface area contributed by atoms with Crippen LogP contribution in [0, 0.1) is 5.41 Å². The summed E-state index contributed by atoms with van der Waals surface area (Å²) >= 11 is 0. The first-order valence-corrected chi connectivity index (χ1v) is 7.75. The van der Waals surface area contributed by atoms with Crippen molar-refractivity contribution in [2.75, 3.05) is 38.1 Å². The van der Waals surface area contributed by atoms with Crippen LogP contribution >= 0.6 is 24.0 Å². The van der Waals surface area contributed by atoms with E-state index in [9.17, 15) is 4.79 Å². The van der Waals surface area contributed by atoms with Crippen LogP contribution in [-0.2, 0) is 11.8 Å². The van der Waals surface area contributed by atoms with Gasteiger partial charge in [-0.1, -0.05) is 6.92 Å². The summed E-state index contributed by atoms with van der Waals surface area (Å²) in [7, 11) is 3.63. The molecule has 2 heterocycles. The average Bonchev–Trinajstić information content (AvgIpc) is 3.07. The normalized spacial score (nSPS) is 20.3. The Morgan fingerprint density at radius 3 is 2.70 bits per heavy atom. The number of halogens is 1. The molecule has 128 valence electrons. The number of amides is 1. The Kier molecular flexibility index (Phi) is 5.53. The molecule has 1 amide bonds. The molecule has 1 saturated heterocycles. The topological polar surface area (TPSA) is 65.8 Å². The number of anilines is 1. The molecule has 0 unspecified atom stereocenters. The Morgan fingerprint density at radius 1 is 1.43 bits per heavy atom. The first kappa shape index (κ1) is 18.0. The van der Waals surface area contributed by atoms with Crippen molar-refractivity contribution >= 4 is 41.5 Å². The first-order valence-electron chi connectivity index (χ1n) is 7.75. The van der Waals surface area contributed by atoms with E-state index >= 15 is 0 Å². The Balaban J connectivity index is 0.00000192. The summed E-state index contributed by atoms with van der Waals surface area (Å²) in [6.07, 6.45) is 6.14. The molecule has 1 N–H and O–H groups in total. The number of guanidine groups is 1. The summed E-state index contributed by atoms with van der Waals surface area (Å²) in [6, 6.07) is 0. The molecular weight excluding hydrogens is 407 g/mol. The monoisotopic (exact) mass is 432 g/mol. The fourth-order valence-electron chi connectivity index (χ4n) is 2.69. The van der Waals surface area contributed by atoms with E-state index in [-0.39, 0.29) is 29.9 Å². The fourth-order valence-corrected chi connectivity index (χ4v) is 2.69. The van der Waals surface area contributed by atoms with Crippen molar-refractivity contribution in [1.29, 1.82) is 0 Å². The minimum Gasteiger partial charge on any atom is -0.356 e. The second kappa shape index (κ2) is 7.06.